The molecule has 0 saturated heterocycles. The van der Waals surface area contributed by atoms with Crippen LogP contribution >= 0.6 is 11.3 Å². The van der Waals surface area contributed by atoms with Crippen molar-refractivity contribution in [3.05, 3.63) is 65.7 Å². The number of benzene rings is 1. The smallest absolute Gasteiger partial charge is 0.237 e. The average molecular weight is 344 g/mol. The van der Waals surface area contributed by atoms with Gasteiger partial charge in [0.05, 0.1) is 4.70 Å². The molecule has 1 aromatic carbocycles. The number of rotatable bonds is 3. The van der Waals surface area contributed by atoms with E-state index in [2.05, 4.69) is 21.0 Å². The Hall–Kier alpha value is -3.30. The highest BCUT2D eigenvalue weighted by Gasteiger charge is 2.11. The van der Waals surface area contributed by atoms with Gasteiger partial charge in [0, 0.05) is 18.0 Å². The van der Waals surface area contributed by atoms with Crippen LogP contribution in [-0.4, -0.2) is 15.0 Å². The van der Waals surface area contributed by atoms with Gasteiger partial charge < -0.3 is 4.74 Å². The van der Waals surface area contributed by atoms with Crippen molar-refractivity contribution < 1.29 is 4.74 Å². The molecule has 0 aliphatic carbocycles. The fourth-order valence-corrected chi connectivity index (χ4v) is 3.49. The summed E-state index contributed by atoms with van der Waals surface area (Å²) in [4.78, 5) is 12.4. The SMILES string of the molecule is Cc1cc(Oc2nccc3ccsc23)ccc1-c1cncnc1C#N. The van der Waals surface area contributed by atoms with E-state index in [4.69, 9.17) is 4.74 Å². The van der Waals surface area contributed by atoms with Gasteiger partial charge in [-0.2, -0.15) is 5.26 Å². The highest BCUT2D eigenvalue weighted by molar-refractivity contribution is 7.17. The first kappa shape index (κ1) is 15.2. The molecule has 0 fully saturated rings. The molecule has 120 valence electrons. The van der Waals surface area contributed by atoms with Crippen LogP contribution in [0.4, 0.5) is 0 Å². The molecule has 0 bridgehead atoms. The number of thiophene rings is 1. The summed E-state index contributed by atoms with van der Waals surface area (Å²) in [6, 6.07) is 11.8. The van der Waals surface area contributed by atoms with E-state index < -0.39 is 0 Å². The molecule has 0 unspecified atom stereocenters. The third kappa shape index (κ3) is 2.82. The minimum absolute atomic E-state index is 0.358. The molecule has 5 nitrogen and oxygen atoms in total. The van der Waals surface area contributed by atoms with Crippen LogP contribution in [0.1, 0.15) is 11.3 Å². The van der Waals surface area contributed by atoms with E-state index in [0.29, 0.717) is 22.9 Å². The summed E-state index contributed by atoms with van der Waals surface area (Å²) in [6.45, 7) is 1.97. The minimum atomic E-state index is 0.358. The number of nitrogens with zero attached hydrogens (tertiary/aromatic N) is 4. The van der Waals surface area contributed by atoms with Gasteiger partial charge in [-0.05, 0) is 53.1 Å². The van der Waals surface area contributed by atoms with Crippen LogP contribution < -0.4 is 4.74 Å². The van der Waals surface area contributed by atoms with Crippen molar-refractivity contribution in [3.8, 4) is 28.8 Å². The van der Waals surface area contributed by atoms with E-state index in [9.17, 15) is 5.26 Å². The van der Waals surface area contributed by atoms with Crippen molar-refractivity contribution in [1.82, 2.24) is 15.0 Å². The van der Waals surface area contributed by atoms with Crippen molar-refractivity contribution in [2.24, 2.45) is 0 Å². The Kier molecular flexibility index (Phi) is 3.84. The van der Waals surface area contributed by atoms with Crippen LogP contribution in [-0.2, 0) is 0 Å². The van der Waals surface area contributed by atoms with Gasteiger partial charge in [0.2, 0.25) is 5.88 Å². The fourth-order valence-electron chi connectivity index (χ4n) is 2.67. The number of hydrogen-bond donors (Lipinski definition) is 0. The molecule has 0 atom stereocenters. The summed E-state index contributed by atoms with van der Waals surface area (Å²) < 4.78 is 7.00. The van der Waals surface area contributed by atoms with Gasteiger partial charge in [0.25, 0.3) is 0 Å². The Balaban J connectivity index is 1.71. The molecule has 0 N–H and O–H groups in total. The maximum Gasteiger partial charge on any atom is 0.237 e. The molecule has 0 amide bonds. The first-order valence-corrected chi connectivity index (χ1v) is 8.45. The zero-order valence-electron chi connectivity index (χ0n) is 13.3. The van der Waals surface area contributed by atoms with Crippen LogP contribution in [0, 0.1) is 18.3 Å². The monoisotopic (exact) mass is 344 g/mol. The molecule has 0 aliphatic rings. The molecular weight excluding hydrogens is 332 g/mol. The molecule has 0 aliphatic heterocycles. The van der Waals surface area contributed by atoms with Crippen LogP contribution in [0.5, 0.6) is 11.6 Å². The molecule has 4 aromatic rings. The van der Waals surface area contributed by atoms with Crippen molar-refractivity contribution >= 4 is 21.4 Å². The molecule has 25 heavy (non-hydrogen) atoms. The number of nitriles is 1. The van der Waals surface area contributed by atoms with Crippen molar-refractivity contribution in [3.63, 3.8) is 0 Å². The Morgan fingerprint density at radius 3 is 2.88 bits per heavy atom. The molecular formula is C19H12N4OS. The highest BCUT2D eigenvalue weighted by atomic mass is 32.1. The second-order valence-corrected chi connectivity index (χ2v) is 6.35. The first-order valence-electron chi connectivity index (χ1n) is 7.57. The summed E-state index contributed by atoms with van der Waals surface area (Å²) in [7, 11) is 0. The molecule has 3 aromatic heterocycles. The van der Waals surface area contributed by atoms with E-state index in [1.165, 1.54) is 6.33 Å². The Morgan fingerprint density at radius 2 is 2.04 bits per heavy atom. The second-order valence-electron chi connectivity index (χ2n) is 5.43. The zero-order chi connectivity index (χ0) is 17.2. The molecule has 0 spiro atoms. The summed E-state index contributed by atoms with van der Waals surface area (Å²) in [5.41, 5.74) is 2.96. The summed E-state index contributed by atoms with van der Waals surface area (Å²) >= 11 is 1.60. The lowest BCUT2D eigenvalue weighted by Gasteiger charge is -2.10. The predicted octanol–water partition coefficient (Wildman–Crippen LogP) is 4.73. The number of aromatic nitrogens is 3. The average Bonchev–Trinajstić information content (AvgIpc) is 3.12. The topological polar surface area (TPSA) is 71.7 Å². The molecule has 4 rings (SSSR count). The van der Waals surface area contributed by atoms with Crippen LogP contribution in [0.2, 0.25) is 0 Å². The van der Waals surface area contributed by atoms with E-state index in [1.807, 2.05) is 42.6 Å². The first-order chi connectivity index (χ1) is 12.3. The van der Waals surface area contributed by atoms with Gasteiger partial charge in [-0.1, -0.05) is 6.07 Å². The predicted molar refractivity (Wildman–Crippen MR) is 96.6 cm³/mol. The fraction of sp³-hybridized carbons (Fsp3) is 0.0526. The lowest BCUT2D eigenvalue weighted by atomic mass is 10.0. The van der Waals surface area contributed by atoms with Gasteiger partial charge in [-0.25, -0.2) is 15.0 Å². The van der Waals surface area contributed by atoms with E-state index in [0.717, 1.165) is 21.2 Å². The number of pyridine rings is 1. The zero-order valence-corrected chi connectivity index (χ0v) is 14.1. The number of aryl methyl sites for hydroxylation is 1. The van der Waals surface area contributed by atoms with Gasteiger partial charge in [0.15, 0.2) is 5.69 Å². The number of fused-ring (bicyclic) bond motifs is 1. The van der Waals surface area contributed by atoms with E-state index >= 15 is 0 Å². The summed E-state index contributed by atoms with van der Waals surface area (Å²) in [6.07, 6.45) is 4.77. The number of ether oxygens (including phenoxy) is 1. The maximum atomic E-state index is 9.23. The number of hydrogen-bond acceptors (Lipinski definition) is 6. The Labute approximate surface area is 148 Å². The summed E-state index contributed by atoms with van der Waals surface area (Å²) in [5, 5.41) is 12.4. The standard InChI is InChI=1S/C19H12N4OS/c1-12-8-14(24-19-18-13(4-6-22-19)5-7-25-18)2-3-15(12)16-10-21-11-23-17(16)9-20/h2-8,10-11H,1H3. The van der Waals surface area contributed by atoms with Gasteiger partial charge in [-0.15, -0.1) is 11.3 Å². The third-order valence-corrected chi connectivity index (χ3v) is 4.77. The summed E-state index contributed by atoms with van der Waals surface area (Å²) in [5.74, 6) is 1.30. The Morgan fingerprint density at radius 1 is 1.12 bits per heavy atom. The lowest BCUT2D eigenvalue weighted by molar-refractivity contribution is 0.470. The lowest BCUT2D eigenvalue weighted by Crippen LogP contribution is -1.94. The van der Waals surface area contributed by atoms with Crippen LogP contribution in [0.3, 0.4) is 0 Å². The van der Waals surface area contributed by atoms with Gasteiger partial charge >= 0.3 is 0 Å². The Bertz CT molecular complexity index is 1110. The quantitative estimate of drug-likeness (QED) is 0.537. The molecule has 0 radical (unpaired) electrons. The van der Waals surface area contributed by atoms with Gasteiger partial charge in [-0.3, -0.25) is 0 Å². The van der Waals surface area contributed by atoms with Crippen molar-refractivity contribution in [2.45, 2.75) is 6.92 Å². The molecule has 0 saturated carbocycles. The van der Waals surface area contributed by atoms with Crippen molar-refractivity contribution in [2.75, 3.05) is 0 Å². The third-order valence-electron chi connectivity index (χ3n) is 3.86. The normalized spacial score (nSPS) is 10.6. The van der Waals surface area contributed by atoms with Crippen molar-refractivity contribution in [1.29, 1.82) is 5.26 Å². The molecule has 3 heterocycles. The highest BCUT2D eigenvalue weighted by Crippen LogP contribution is 2.34. The molecule has 6 heteroatoms. The van der Waals surface area contributed by atoms with Gasteiger partial charge in [0.1, 0.15) is 18.1 Å². The maximum absolute atomic E-state index is 9.23. The largest absolute Gasteiger partial charge is 0.438 e. The van der Waals surface area contributed by atoms with Crippen LogP contribution in [0.25, 0.3) is 21.2 Å². The van der Waals surface area contributed by atoms with Crippen LogP contribution in [0.15, 0.2) is 54.4 Å². The van der Waals surface area contributed by atoms with E-state index in [-0.39, 0.29) is 0 Å². The second kappa shape index (κ2) is 6.30. The minimum Gasteiger partial charge on any atom is -0.438 e. The van der Waals surface area contributed by atoms with E-state index in [1.54, 1.807) is 23.7 Å².